The van der Waals surface area contributed by atoms with Gasteiger partial charge < -0.3 is 10.2 Å². The Hall–Kier alpha value is -1.82. The number of benzene rings is 1. The summed E-state index contributed by atoms with van der Waals surface area (Å²) in [5, 5.41) is 16.6. The van der Waals surface area contributed by atoms with Gasteiger partial charge in [0.15, 0.2) is 0 Å². The van der Waals surface area contributed by atoms with Crippen molar-refractivity contribution in [2.24, 2.45) is 0 Å². The van der Waals surface area contributed by atoms with Crippen LogP contribution >= 0.6 is 12.6 Å². The second-order valence-corrected chi connectivity index (χ2v) is 3.08. The Morgan fingerprint density at radius 3 is 2.00 bits per heavy atom. The number of hydrogen-bond donors (Lipinski definition) is 3. The van der Waals surface area contributed by atoms with E-state index in [0.29, 0.717) is 0 Å². The number of carboxylic acids is 2. The van der Waals surface area contributed by atoms with E-state index in [1.807, 2.05) is 0 Å². The number of hydrogen-bond acceptors (Lipinski definition) is 3. The van der Waals surface area contributed by atoms with E-state index < -0.39 is 17.1 Å². The van der Waals surface area contributed by atoms with Crippen LogP contribution in [0.4, 0.5) is 0 Å². The van der Waals surface area contributed by atoms with Crippen LogP contribution in [-0.2, 0) is 0 Å². The summed E-state index contributed by atoms with van der Waals surface area (Å²) in [4.78, 5) is 32.2. The highest BCUT2D eigenvalue weighted by Crippen LogP contribution is 2.14. The molecule has 0 saturated heterocycles. The Balaban J connectivity index is 3.40. The van der Waals surface area contributed by atoms with E-state index in [9.17, 15) is 14.4 Å². The summed E-state index contributed by atoms with van der Waals surface area (Å²) in [5.74, 6) is -2.62. The minimum Gasteiger partial charge on any atom is -0.478 e. The average molecular weight is 226 g/mol. The molecule has 2 N–H and O–H groups in total. The van der Waals surface area contributed by atoms with Crippen molar-refractivity contribution in [2.45, 2.75) is 0 Å². The van der Waals surface area contributed by atoms with Crippen LogP contribution in [0.15, 0.2) is 18.2 Å². The lowest BCUT2D eigenvalue weighted by atomic mass is 10.0. The molecule has 15 heavy (non-hydrogen) atoms. The van der Waals surface area contributed by atoms with E-state index in [1.165, 1.54) is 0 Å². The lowest BCUT2D eigenvalue weighted by molar-refractivity contribution is 0.0693. The monoisotopic (exact) mass is 226 g/mol. The van der Waals surface area contributed by atoms with Crippen molar-refractivity contribution in [3.63, 3.8) is 0 Å². The molecule has 0 radical (unpaired) electrons. The van der Waals surface area contributed by atoms with Crippen LogP contribution in [0.1, 0.15) is 31.1 Å². The fourth-order valence-corrected chi connectivity index (χ4v) is 1.24. The molecule has 0 amide bonds. The minimum atomic E-state index is -1.37. The van der Waals surface area contributed by atoms with Gasteiger partial charge in [0.2, 0.25) is 5.12 Å². The van der Waals surface area contributed by atoms with Crippen LogP contribution in [0, 0.1) is 0 Å². The molecule has 0 heterocycles. The number of carboxylic acid groups (broad SMARTS) is 2. The molecule has 0 bridgehead atoms. The SMILES string of the molecule is O=C(O)c1ccc(C(=O)S)c(C(=O)O)c1. The van der Waals surface area contributed by atoms with Gasteiger partial charge >= 0.3 is 11.9 Å². The van der Waals surface area contributed by atoms with Crippen LogP contribution < -0.4 is 0 Å². The van der Waals surface area contributed by atoms with Crippen molar-refractivity contribution >= 4 is 29.7 Å². The zero-order valence-electron chi connectivity index (χ0n) is 7.30. The van der Waals surface area contributed by atoms with Crippen molar-refractivity contribution in [3.05, 3.63) is 34.9 Å². The van der Waals surface area contributed by atoms with E-state index in [1.54, 1.807) is 0 Å². The summed E-state index contributed by atoms with van der Waals surface area (Å²) in [5.41, 5.74) is -0.684. The first-order chi connectivity index (χ1) is 6.93. The number of rotatable bonds is 3. The van der Waals surface area contributed by atoms with Gasteiger partial charge in [-0.3, -0.25) is 4.79 Å². The smallest absolute Gasteiger partial charge is 0.336 e. The number of carbonyl (C=O) groups excluding carboxylic acids is 1. The van der Waals surface area contributed by atoms with Crippen LogP contribution in [0.2, 0.25) is 0 Å². The van der Waals surface area contributed by atoms with Gasteiger partial charge in [0.05, 0.1) is 11.1 Å². The molecule has 0 atom stereocenters. The molecule has 0 saturated carbocycles. The van der Waals surface area contributed by atoms with Crippen LogP contribution in [-0.4, -0.2) is 27.3 Å². The third-order valence-corrected chi connectivity index (χ3v) is 1.97. The highest BCUT2D eigenvalue weighted by Gasteiger charge is 2.16. The molecular formula is C9H6O5S. The normalized spacial score (nSPS) is 9.67. The Kier molecular flexibility index (Phi) is 3.11. The fraction of sp³-hybridized carbons (Fsp3) is 0. The van der Waals surface area contributed by atoms with Gasteiger partial charge in [-0.15, -0.1) is 12.6 Å². The number of aromatic carboxylic acids is 2. The Bertz CT molecular complexity index is 452. The summed E-state index contributed by atoms with van der Waals surface area (Å²) in [6.07, 6.45) is 0. The lowest BCUT2D eigenvalue weighted by Gasteiger charge is -2.02. The molecule has 5 nitrogen and oxygen atoms in total. The predicted octanol–water partition coefficient (Wildman–Crippen LogP) is 1.15. The average Bonchev–Trinajstić information content (AvgIpc) is 2.16. The molecule has 0 aliphatic rings. The van der Waals surface area contributed by atoms with Crippen molar-refractivity contribution < 1.29 is 24.6 Å². The maximum absolute atomic E-state index is 10.9. The van der Waals surface area contributed by atoms with Gasteiger partial charge in [0.25, 0.3) is 0 Å². The third kappa shape index (κ3) is 2.35. The van der Waals surface area contributed by atoms with Gasteiger partial charge in [-0.2, -0.15) is 0 Å². The highest BCUT2D eigenvalue weighted by molar-refractivity contribution is 7.97. The maximum Gasteiger partial charge on any atom is 0.336 e. The van der Waals surface area contributed by atoms with Crippen molar-refractivity contribution in [1.29, 1.82) is 0 Å². The van der Waals surface area contributed by atoms with Crippen LogP contribution in [0.5, 0.6) is 0 Å². The largest absolute Gasteiger partial charge is 0.478 e. The van der Waals surface area contributed by atoms with E-state index in [2.05, 4.69) is 12.6 Å². The lowest BCUT2D eigenvalue weighted by Crippen LogP contribution is -2.07. The van der Waals surface area contributed by atoms with Crippen molar-refractivity contribution in [3.8, 4) is 0 Å². The predicted molar refractivity (Wildman–Crippen MR) is 53.7 cm³/mol. The first-order valence-electron chi connectivity index (χ1n) is 3.77. The van der Waals surface area contributed by atoms with Gasteiger partial charge in [-0.1, -0.05) is 0 Å². The van der Waals surface area contributed by atoms with Gasteiger partial charge in [0, 0.05) is 5.56 Å². The topological polar surface area (TPSA) is 91.7 Å². The Morgan fingerprint density at radius 1 is 1.00 bits per heavy atom. The summed E-state index contributed by atoms with van der Waals surface area (Å²) < 4.78 is 0. The molecule has 0 fully saturated rings. The summed E-state index contributed by atoms with van der Waals surface area (Å²) >= 11 is 3.49. The standard InChI is InChI=1S/C9H6O5S/c10-7(11)4-1-2-5(9(14)15)6(3-4)8(12)13/h1-3H,(H,10,11)(H,12,13)(H,14,15). The molecule has 78 valence electrons. The Labute approximate surface area is 89.8 Å². The van der Waals surface area contributed by atoms with Gasteiger partial charge in [0.1, 0.15) is 0 Å². The molecule has 6 heteroatoms. The van der Waals surface area contributed by atoms with E-state index >= 15 is 0 Å². The number of thiol groups is 1. The molecule has 0 aliphatic carbocycles. The molecule has 0 spiro atoms. The zero-order valence-corrected chi connectivity index (χ0v) is 8.19. The maximum atomic E-state index is 10.9. The third-order valence-electron chi connectivity index (χ3n) is 1.73. The van der Waals surface area contributed by atoms with Crippen LogP contribution in [0.3, 0.4) is 0 Å². The molecule has 1 aromatic carbocycles. The first-order valence-corrected chi connectivity index (χ1v) is 4.22. The first kappa shape index (κ1) is 11.3. The van der Waals surface area contributed by atoms with Crippen molar-refractivity contribution in [1.82, 2.24) is 0 Å². The highest BCUT2D eigenvalue weighted by atomic mass is 32.1. The summed E-state index contributed by atoms with van der Waals surface area (Å²) in [6.45, 7) is 0. The number of carbonyl (C=O) groups is 3. The second-order valence-electron chi connectivity index (χ2n) is 2.68. The molecule has 0 aliphatic heterocycles. The molecule has 0 unspecified atom stereocenters. The molecule has 1 rings (SSSR count). The second kappa shape index (κ2) is 4.14. The van der Waals surface area contributed by atoms with Crippen molar-refractivity contribution in [2.75, 3.05) is 0 Å². The summed E-state index contributed by atoms with van der Waals surface area (Å²) in [7, 11) is 0. The van der Waals surface area contributed by atoms with E-state index in [-0.39, 0.29) is 16.7 Å². The minimum absolute atomic E-state index is 0.129. The van der Waals surface area contributed by atoms with Crippen LogP contribution in [0.25, 0.3) is 0 Å². The molecule has 0 aromatic heterocycles. The van der Waals surface area contributed by atoms with E-state index in [0.717, 1.165) is 18.2 Å². The summed E-state index contributed by atoms with van der Waals surface area (Å²) in [6, 6.07) is 3.20. The Morgan fingerprint density at radius 2 is 1.60 bits per heavy atom. The molecular weight excluding hydrogens is 220 g/mol. The quantitative estimate of drug-likeness (QED) is 0.672. The van der Waals surface area contributed by atoms with E-state index in [4.69, 9.17) is 10.2 Å². The van der Waals surface area contributed by atoms with Gasteiger partial charge in [-0.25, -0.2) is 9.59 Å². The molecule has 1 aromatic rings. The van der Waals surface area contributed by atoms with Gasteiger partial charge in [-0.05, 0) is 18.2 Å². The fourth-order valence-electron chi connectivity index (χ4n) is 1.04. The zero-order chi connectivity index (χ0) is 11.6.